The standard InChI is InChI=1S/C19H16N2O3/c1-13-7-8-15-16(19(24)20-14-5-3-2-4-6-14)12-18(23)21(9-10-22)17(15)11-13/h2-8,10-12H,9H2,1H3,(H,20,24). The number of pyridine rings is 1. The van der Waals surface area contributed by atoms with Gasteiger partial charge in [0.25, 0.3) is 11.5 Å². The molecule has 1 heterocycles. The van der Waals surface area contributed by atoms with Crippen molar-refractivity contribution in [2.45, 2.75) is 13.5 Å². The molecule has 3 rings (SSSR count). The molecule has 0 aliphatic heterocycles. The van der Waals surface area contributed by atoms with Crippen LogP contribution >= 0.6 is 0 Å². The molecule has 24 heavy (non-hydrogen) atoms. The number of carbonyl (C=O) groups excluding carboxylic acids is 2. The van der Waals surface area contributed by atoms with Gasteiger partial charge in [-0.05, 0) is 30.7 Å². The number of hydrogen-bond donors (Lipinski definition) is 1. The molecule has 0 atom stereocenters. The summed E-state index contributed by atoms with van der Waals surface area (Å²) in [6.45, 7) is 1.85. The topological polar surface area (TPSA) is 68.2 Å². The zero-order chi connectivity index (χ0) is 17.1. The van der Waals surface area contributed by atoms with Crippen molar-refractivity contribution in [3.63, 3.8) is 0 Å². The number of nitrogens with zero attached hydrogens (tertiary/aromatic N) is 1. The van der Waals surface area contributed by atoms with E-state index in [4.69, 9.17) is 0 Å². The number of aryl methyl sites for hydroxylation is 1. The normalized spacial score (nSPS) is 10.5. The number of fused-ring (bicyclic) bond motifs is 1. The lowest BCUT2D eigenvalue weighted by molar-refractivity contribution is -0.108. The first-order valence-electron chi connectivity index (χ1n) is 7.54. The molecule has 1 aromatic heterocycles. The SMILES string of the molecule is Cc1ccc2c(C(=O)Nc3ccccc3)cc(=O)n(CC=O)c2c1. The van der Waals surface area contributed by atoms with Crippen LogP contribution in [0.4, 0.5) is 5.69 Å². The Morgan fingerprint density at radius 3 is 2.58 bits per heavy atom. The van der Waals surface area contributed by atoms with Crippen LogP contribution in [0.1, 0.15) is 15.9 Å². The van der Waals surface area contributed by atoms with Crippen molar-refractivity contribution < 1.29 is 9.59 Å². The summed E-state index contributed by atoms with van der Waals surface area (Å²) >= 11 is 0. The van der Waals surface area contributed by atoms with E-state index in [0.29, 0.717) is 28.4 Å². The average Bonchev–Trinajstić information content (AvgIpc) is 2.58. The minimum absolute atomic E-state index is 0.0423. The lowest BCUT2D eigenvalue weighted by Crippen LogP contribution is -2.24. The first kappa shape index (κ1) is 15.7. The number of para-hydroxylation sites is 1. The van der Waals surface area contributed by atoms with Crippen LogP contribution in [0, 0.1) is 6.92 Å². The fourth-order valence-corrected chi connectivity index (χ4v) is 2.66. The Hall–Kier alpha value is -3.21. The number of rotatable bonds is 4. The second-order valence-electron chi connectivity index (χ2n) is 5.51. The fourth-order valence-electron chi connectivity index (χ4n) is 2.66. The van der Waals surface area contributed by atoms with Crippen LogP contribution in [0.2, 0.25) is 0 Å². The summed E-state index contributed by atoms with van der Waals surface area (Å²) in [6.07, 6.45) is 0.673. The highest BCUT2D eigenvalue weighted by atomic mass is 16.2. The summed E-state index contributed by atoms with van der Waals surface area (Å²) in [5.41, 5.74) is 2.09. The Bertz CT molecular complexity index is 975. The summed E-state index contributed by atoms with van der Waals surface area (Å²) in [5.74, 6) is -0.356. The maximum absolute atomic E-state index is 12.6. The molecule has 0 unspecified atom stereocenters. The molecule has 2 aromatic carbocycles. The third-order valence-corrected chi connectivity index (χ3v) is 3.80. The molecule has 3 aromatic rings. The van der Waals surface area contributed by atoms with Crippen LogP contribution in [0.15, 0.2) is 59.4 Å². The Kier molecular flexibility index (Phi) is 4.24. The van der Waals surface area contributed by atoms with Gasteiger partial charge in [-0.25, -0.2) is 0 Å². The second kappa shape index (κ2) is 6.50. The minimum Gasteiger partial charge on any atom is -0.322 e. The Balaban J connectivity index is 2.15. The number of benzene rings is 2. The summed E-state index contributed by atoms with van der Waals surface area (Å²) in [6, 6.07) is 15.8. The highest BCUT2D eigenvalue weighted by Crippen LogP contribution is 2.20. The van der Waals surface area contributed by atoms with E-state index in [1.165, 1.54) is 10.6 Å². The van der Waals surface area contributed by atoms with Gasteiger partial charge in [-0.3, -0.25) is 9.59 Å². The number of aromatic nitrogens is 1. The van der Waals surface area contributed by atoms with E-state index >= 15 is 0 Å². The predicted molar refractivity (Wildman–Crippen MR) is 93.4 cm³/mol. The van der Waals surface area contributed by atoms with E-state index in [9.17, 15) is 14.4 Å². The molecule has 5 nitrogen and oxygen atoms in total. The van der Waals surface area contributed by atoms with Gasteiger partial charge in [0.05, 0.1) is 17.6 Å². The highest BCUT2D eigenvalue weighted by Gasteiger charge is 2.15. The molecule has 0 saturated heterocycles. The van der Waals surface area contributed by atoms with Gasteiger partial charge < -0.3 is 14.7 Å². The highest BCUT2D eigenvalue weighted by molar-refractivity contribution is 6.12. The van der Waals surface area contributed by atoms with Gasteiger partial charge in [0, 0.05) is 17.1 Å². The van der Waals surface area contributed by atoms with E-state index in [1.54, 1.807) is 24.3 Å². The smallest absolute Gasteiger partial charge is 0.256 e. The number of nitrogens with one attached hydrogen (secondary N) is 1. The molecule has 0 bridgehead atoms. The molecule has 0 spiro atoms. The quantitative estimate of drug-likeness (QED) is 0.752. The maximum Gasteiger partial charge on any atom is 0.256 e. The fraction of sp³-hybridized carbons (Fsp3) is 0.105. The molecule has 1 N–H and O–H groups in total. The van der Waals surface area contributed by atoms with Gasteiger partial charge in [-0.1, -0.05) is 30.3 Å². The van der Waals surface area contributed by atoms with Crippen LogP contribution in [0.25, 0.3) is 10.9 Å². The molecule has 0 aliphatic carbocycles. The van der Waals surface area contributed by atoms with E-state index in [2.05, 4.69) is 5.32 Å². The zero-order valence-electron chi connectivity index (χ0n) is 13.2. The van der Waals surface area contributed by atoms with Crippen LogP contribution in [0.5, 0.6) is 0 Å². The van der Waals surface area contributed by atoms with Crippen LogP contribution < -0.4 is 10.9 Å². The molecule has 5 heteroatoms. The van der Waals surface area contributed by atoms with E-state index in [1.807, 2.05) is 31.2 Å². The average molecular weight is 320 g/mol. The van der Waals surface area contributed by atoms with Crippen molar-refractivity contribution in [2.75, 3.05) is 5.32 Å². The number of amides is 1. The second-order valence-corrected chi connectivity index (χ2v) is 5.51. The number of carbonyl (C=O) groups is 2. The number of anilines is 1. The first-order chi connectivity index (χ1) is 11.6. The van der Waals surface area contributed by atoms with Crippen molar-refractivity contribution in [2.24, 2.45) is 0 Å². The monoisotopic (exact) mass is 320 g/mol. The van der Waals surface area contributed by atoms with E-state index in [0.717, 1.165) is 5.56 Å². The lowest BCUT2D eigenvalue weighted by atomic mass is 10.1. The van der Waals surface area contributed by atoms with Crippen molar-refractivity contribution in [3.05, 3.63) is 76.1 Å². The van der Waals surface area contributed by atoms with Gasteiger partial charge in [-0.2, -0.15) is 0 Å². The molecule has 1 amide bonds. The van der Waals surface area contributed by atoms with Crippen LogP contribution in [-0.4, -0.2) is 16.8 Å². The molecule has 0 saturated carbocycles. The molecule has 120 valence electrons. The van der Waals surface area contributed by atoms with Crippen LogP contribution in [0.3, 0.4) is 0 Å². The third kappa shape index (κ3) is 2.96. The largest absolute Gasteiger partial charge is 0.322 e. The zero-order valence-corrected chi connectivity index (χ0v) is 13.2. The van der Waals surface area contributed by atoms with Gasteiger partial charge in [0.1, 0.15) is 6.29 Å². The first-order valence-corrected chi connectivity index (χ1v) is 7.54. The Morgan fingerprint density at radius 1 is 1.12 bits per heavy atom. The predicted octanol–water partition coefficient (Wildman–Crippen LogP) is 2.76. The summed E-state index contributed by atoms with van der Waals surface area (Å²) in [5, 5.41) is 3.42. The van der Waals surface area contributed by atoms with Crippen molar-refractivity contribution in [1.82, 2.24) is 4.57 Å². The van der Waals surface area contributed by atoms with Gasteiger partial charge in [0.15, 0.2) is 0 Å². The molecule has 0 fully saturated rings. The number of hydrogen-bond acceptors (Lipinski definition) is 3. The molecule has 0 aliphatic rings. The summed E-state index contributed by atoms with van der Waals surface area (Å²) in [7, 11) is 0. The number of aldehydes is 1. The minimum atomic E-state index is -0.376. The summed E-state index contributed by atoms with van der Waals surface area (Å²) in [4.78, 5) is 35.8. The van der Waals surface area contributed by atoms with Crippen molar-refractivity contribution in [3.8, 4) is 0 Å². The Morgan fingerprint density at radius 2 is 1.88 bits per heavy atom. The van der Waals surface area contributed by atoms with Crippen LogP contribution in [-0.2, 0) is 11.3 Å². The van der Waals surface area contributed by atoms with E-state index < -0.39 is 0 Å². The molecular weight excluding hydrogens is 304 g/mol. The van der Waals surface area contributed by atoms with Crippen molar-refractivity contribution >= 4 is 28.8 Å². The van der Waals surface area contributed by atoms with Gasteiger partial charge >= 0.3 is 0 Å². The van der Waals surface area contributed by atoms with Crippen molar-refractivity contribution in [1.29, 1.82) is 0 Å². The molecular formula is C19H16N2O3. The lowest BCUT2D eigenvalue weighted by Gasteiger charge is -2.12. The Labute approximate surface area is 138 Å². The van der Waals surface area contributed by atoms with E-state index in [-0.39, 0.29) is 18.0 Å². The maximum atomic E-state index is 12.6. The van der Waals surface area contributed by atoms with Gasteiger partial charge in [-0.15, -0.1) is 0 Å². The molecule has 0 radical (unpaired) electrons. The summed E-state index contributed by atoms with van der Waals surface area (Å²) < 4.78 is 1.37. The third-order valence-electron chi connectivity index (χ3n) is 3.80. The van der Waals surface area contributed by atoms with Gasteiger partial charge in [0.2, 0.25) is 0 Å².